The second kappa shape index (κ2) is 9.47. The standard InChI is InChI=1S/C37H36N2/c1-23(2)33-34(39-36(27-15-11-8-12-16-27)35(38-33)26-13-9-7-10-14-26)25(4)28-18-20-30-29-19-17-24(3)21-31(29)37(5,6)32(30)22-28/h7-22,38-39H,1-6H3/b34-25-. The van der Waals surface area contributed by atoms with E-state index in [1.165, 1.54) is 44.5 Å². The summed E-state index contributed by atoms with van der Waals surface area (Å²) in [5.74, 6) is 0. The maximum absolute atomic E-state index is 3.90. The van der Waals surface area contributed by atoms with Gasteiger partial charge in [0, 0.05) is 16.5 Å². The minimum Gasteiger partial charge on any atom is -0.352 e. The number of fused-ring (bicyclic) bond motifs is 3. The number of allylic oxidation sites excluding steroid dienone is 2. The molecule has 0 amide bonds. The van der Waals surface area contributed by atoms with Gasteiger partial charge in [-0.1, -0.05) is 116 Å². The monoisotopic (exact) mass is 508 g/mol. The van der Waals surface area contributed by atoms with Crippen molar-refractivity contribution in [3.05, 3.63) is 147 Å². The fraction of sp³-hybridized carbons (Fsp3) is 0.189. The van der Waals surface area contributed by atoms with E-state index in [1.54, 1.807) is 0 Å². The first-order valence-corrected chi connectivity index (χ1v) is 13.8. The molecule has 2 nitrogen and oxygen atoms in total. The van der Waals surface area contributed by atoms with E-state index < -0.39 is 0 Å². The highest BCUT2D eigenvalue weighted by Crippen LogP contribution is 2.49. The number of hydrogen-bond donors (Lipinski definition) is 2. The molecule has 0 saturated carbocycles. The highest BCUT2D eigenvalue weighted by Gasteiger charge is 2.36. The number of benzene rings is 4. The largest absolute Gasteiger partial charge is 0.352 e. The summed E-state index contributed by atoms with van der Waals surface area (Å²) < 4.78 is 0. The lowest BCUT2D eigenvalue weighted by atomic mass is 9.81. The molecule has 0 spiro atoms. The van der Waals surface area contributed by atoms with Gasteiger partial charge in [0.05, 0.1) is 22.8 Å². The molecule has 4 aromatic rings. The zero-order valence-corrected chi connectivity index (χ0v) is 23.7. The van der Waals surface area contributed by atoms with E-state index in [0.717, 1.165) is 33.9 Å². The third-order valence-electron chi connectivity index (χ3n) is 8.26. The minimum atomic E-state index is -0.0369. The molecular weight excluding hydrogens is 472 g/mol. The quantitative estimate of drug-likeness (QED) is 0.288. The molecule has 2 aliphatic rings. The van der Waals surface area contributed by atoms with Gasteiger partial charge in [-0.2, -0.15) is 0 Å². The number of rotatable bonds is 3. The Morgan fingerprint density at radius 1 is 0.590 bits per heavy atom. The minimum absolute atomic E-state index is 0.0369. The highest BCUT2D eigenvalue weighted by molar-refractivity contribution is 5.94. The molecular formula is C37H36N2. The van der Waals surface area contributed by atoms with Crippen LogP contribution in [0.3, 0.4) is 0 Å². The second-order valence-electron chi connectivity index (χ2n) is 11.5. The summed E-state index contributed by atoms with van der Waals surface area (Å²) in [7, 11) is 0. The van der Waals surface area contributed by atoms with Gasteiger partial charge in [-0.3, -0.25) is 0 Å². The van der Waals surface area contributed by atoms with Crippen LogP contribution in [0.25, 0.3) is 28.1 Å². The summed E-state index contributed by atoms with van der Waals surface area (Å²) in [6, 6.07) is 35.1. The first-order valence-electron chi connectivity index (χ1n) is 13.8. The zero-order chi connectivity index (χ0) is 27.3. The summed E-state index contributed by atoms with van der Waals surface area (Å²) in [5, 5.41) is 7.75. The predicted octanol–water partition coefficient (Wildman–Crippen LogP) is 9.05. The maximum Gasteiger partial charge on any atom is 0.0703 e. The van der Waals surface area contributed by atoms with Crippen molar-refractivity contribution in [1.29, 1.82) is 0 Å². The lowest BCUT2D eigenvalue weighted by Crippen LogP contribution is -2.32. The molecule has 0 bridgehead atoms. The average Bonchev–Trinajstić information content (AvgIpc) is 3.18. The molecule has 39 heavy (non-hydrogen) atoms. The van der Waals surface area contributed by atoms with Gasteiger partial charge in [0.2, 0.25) is 0 Å². The molecule has 1 heterocycles. The van der Waals surface area contributed by atoms with Crippen LogP contribution in [0.15, 0.2) is 114 Å². The van der Waals surface area contributed by atoms with E-state index in [1.807, 2.05) is 0 Å². The Bertz CT molecular complexity index is 1680. The Balaban J connectivity index is 1.52. The molecule has 0 fully saturated rings. The zero-order valence-electron chi connectivity index (χ0n) is 23.7. The van der Waals surface area contributed by atoms with Crippen molar-refractivity contribution in [2.24, 2.45) is 0 Å². The van der Waals surface area contributed by atoms with Gasteiger partial charge in [0.25, 0.3) is 0 Å². The van der Waals surface area contributed by atoms with Gasteiger partial charge in [0.15, 0.2) is 0 Å². The van der Waals surface area contributed by atoms with E-state index in [2.05, 4.69) is 149 Å². The van der Waals surface area contributed by atoms with Gasteiger partial charge in [-0.05, 0) is 67.2 Å². The van der Waals surface area contributed by atoms with Crippen LogP contribution in [0.1, 0.15) is 68.0 Å². The first kappa shape index (κ1) is 25.0. The molecule has 1 aliphatic heterocycles. The van der Waals surface area contributed by atoms with E-state index in [9.17, 15) is 0 Å². The Hall–Kier alpha value is -4.30. The smallest absolute Gasteiger partial charge is 0.0703 e. The van der Waals surface area contributed by atoms with Crippen molar-refractivity contribution in [2.75, 3.05) is 0 Å². The van der Waals surface area contributed by atoms with E-state index in [4.69, 9.17) is 0 Å². The third kappa shape index (κ3) is 4.21. The lowest BCUT2D eigenvalue weighted by Gasteiger charge is -2.31. The van der Waals surface area contributed by atoms with Crippen LogP contribution in [0.5, 0.6) is 0 Å². The van der Waals surface area contributed by atoms with Crippen molar-refractivity contribution in [2.45, 2.75) is 47.0 Å². The molecule has 4 aromatic carbocycles. The molecule has 0 atom stereocenters. The molecule has 1 aliphatic carbocycles. The fourth-order valence-electron chi connectivity index (χ4n) is 6.03. The van der Waals surface area contributed by atoms with Crippen LogP contribution in [0.4, 0.5) is 0 Å². The average molecular weight is 509 g/mol. The lowest BCUT2D eigenvalue weighted by molar-refractivity contribution is 0.659. The maximum atomic E-state index is 3.90. The summed E-state index contributed by atoms with van der Waals surface area (Å²) in [6.45, 7) is 13.5. The molecule has 0 radical (unpaired) electrons. The number of hydrogen-bond acceptors (Lipinski definition) is 2. The normalized spacial score (nSPS) is 16.7. The van der Waals surface area contributed by atoms with Crippen molar-refractivity contribution >= 4 is 17.0 Å². The van der Waals surface area contributed by atoms with Gasteiger partial charge in [-0.15, -0.1) is 0 Å². The Kier molecular flexibility index (Phi) is 6.07. The van der Waals surface area contributed by atoms with Gasteiger partial charge < -0.3 is 10.6 Å². The molecule has 2 N–H and O–H groups in total. The van der Waals surface area contributed by atoms with Crippen LogP contribution in [-0.4, -0.2) is 0 Å². The number of aryl methyl sites for hydroxylation is 1. The summed E-state index contributed by atoms with van der Waals surface area (Å²) in [4.78, 5) is 0. The highest BCUT2D eigenvalue weighted by atomic mass is 15.1. The molecule has 2 heteroatoms. The van der Waals surface area contributed by atoms with Crippen molar-refractivity contribution in [3.63, 3.8) is 0 Å². The Morgan fingerprint density at radius 3 is 1.67 bits per heavy atom. The van der Waals surface area contributed by atoms with Gasteiger partial charge in [0.1, 0.15) is 0 Å². The molecule has 0 saturated heterocycles. The Morgan fingerprint density at radius 2 is 1.10 bits per heavy atom. The summed E-state index contributed by atoms with van der Waals surface area (Å²) in [6.07, 6.45) is 0. The van der Waals surface area contributed by atoms with E-state index >= 15 is 0 Å². The summed E-state index contributed by atoms with van der Waals surface area (Å²) >= 11 is 0. The van der Waals surface area contributed by atoms with Crippen molar-refractivity contribution in [1.82, 2.24) is 10.6 Å². The van der Waals surface area contributed by atoms with Crippen LogP contribution in [0.2, 0.25) is 0 Å². The Labute approximate surface area is 232 Å². The van der Waals surface area contributed by atoms with Crippen molar-refractivity contribution in [3.8, 4) is 11.1 Å². The molecule has 0 aromatic heterocycles. The van der Waals surface area contributed by atoms with Crippen molar-refractivity contribution < 1.29 is 0 Å². The topological polar surface area (TPSA) is 24.1 Å². The van der Waals surface area contributed by atoms with Crippen LogP contribution in [0, 0.1) is 6.92 Å². The van der Waals surface area contributed by atoms with Crippen LogP contribution >= 0.6 is 0 Å². The molecule has 0 unspecified atom stereocenters. The predicted molar refractivity (Wildman–Crippen MR) is 166 cm³/mol. The van der Waals surface area contributed by atoms with E-state index in [-0.39, 0.29) is 5.41 Å². The van der Waals surface area contributed by atoms with Gasteiger partial charge >= 0.3 is 0 Å². The van der Waals surface area contributed by atoms with Crippen LogP contribution < -0.4 is 10.6 Å². The van der Waals surface area contributed by atoms with Gasteiger partial charge in [-0.25, -0.2) is 0 Å². The first-order chi connectivity index (χ1) is 18.8. The third-order valence-corrected chi connectivity index (χ3v) is 8.26. The molecule has 6 rings (SSSR count). The SMILES string of the molecule is CC(C)=C1NC(c2ccccc2)=C(c2ccccc2)N/C1=C(/C)c1ccc2c(c1)C(C)(C)c1cc(C)ccc1-2. The van der Waals surface area contributed by atoms with E-state index in [0.29, 0.717) is 0 Å². The fourth-order valence-corrected chi connectivity index (χ4v) is 6.03. The molecule has 194 valence electrons. The van der Waals surface area contributed by atoms with Crippen LogP contribution in [-0.2, 0) is 5.41 Å². The second-order valence-corrected chi connectivity index (χ2v) is 11.5. The number of nitrogens with one attached hydrogen (secondary N) is 2. The summed E-state index contributed by atoms with van der Waals surface area (Å²) in [5.41, 5.74) is 17.3.